The molecule has 2 saturated heterocycles. The van der Waals surface area contributed by atoms with Crippen molar-refractivity contribution in [1.29, 1.82) is 0 Å². The van der Waals surface area contributed by atoms with Crippen LogP contribution in [0.2, 0.25) is 0 Å². The Hall–Kier alpha value is -1.69. The first-order valence-electron chi connectivity index (χ1n) is 11.8. The summed E-state index contributed by atoms with van der Waals surface area (Å²) in [6.07, 6.45) is 5.65. The molecule has 0 aromatic carbocycles. The number of carbonyl (C=O) groups is 1. The fourth-order valence-electron chi connectivity index (χ4n) is 5.46. The van der Waals surface area contributed by atoms with E-state index >= 15 is 0 Å². The predicted molar refractivity (Wildman–Crippen MR) is 121 cm³/mol. The van der Waals surface area contributed by atoms with Crippen molar-refractivity contribution in [2.24, 2.45) is 11.3 Å². The molecule has 0 N–H and O–H groups in total. The highest BCUT2D eigenvalue weighted by Gasteiger charge is 2.33. The number of likely N-dealkylation sites (tertiary alicyclic amines) is 1. The molecule has 0 aliphatic carbocycles. The van der Waals surface area contributed by atoms with Crippen LogP contribution in [0.25, 0.3) is 0 Å². The molecule has 0 radical (unpaired) electrons. The van der Waals surface area contributed by atoms with E-state index < -0.39 is 0 Å². The Labute approximate surface area is 182 Å². The highest BCUT2D eigenvalue weighted by molar-refractivity contribution is 5.74. The van der Waals surface area contributed by atoms with Gasteiger partial charge in [-0.05, 0) is 50.6 Å². The van der Waals surface area contributed by atoms with Gasteiger partial charge in [-0.2, -0.15) is 0 Å². The fourth-order valence-corrected chi connectivity index (χ4v) is 5.46. The van der Waals surface area contributed by atoms with Crippen molar-refractivity contribution in [2.45, 2.75) is 72.3 Å². The SMILES string of the molecule is CC(=O)N1CCc2nc([C@@H]3CCCN(C)C3)nc(N3CCC(C(C)(C)C)CC3)c2C1. The summed E-state index contributed by atoms with van der Waals surface area (Å²) in [5, 5.41) is 0. The number of carbonyl (C=O) groups excluding carboxylic acids is 1. The molecule has 0 saturated carbocycles. The first kappa shape index (κ1) is 21.5. The quantitative estimate of drug-likeness (QED) is 0.743. The van der Waals surface area contributed by atoms with E-state index in [0.29, 0.717) is 17.9 Å². The molecule has 0 unspecified atom stereocenters. The molecule has 1 aromatic heterocycles. The van der Waals surface area contributed by atoms with E-state index in [-0.39, 0.29) is 5.91 Å². The van der Waals surface area contributed by atoms with Crippen LogP contribution >= 0.6 is 0 Å². The monoisotopic (exact) mass is 413 g/mol. The van der Waals surface area contributed by atoms with E-state index in [2.05, 4.69) is 37.6 Å². The summed E-state index contributed by atoms with van der Waals surface area (Å²) in [6, 6.07) is 0. The van der Waals surface area contributed by atoms with Gasteiger partial charge in [-0.25, -0.2) is 9.97 Å². The van der Waals surface area contributed by atoms with Crippen LogP contribution in [0.1, 0.15) is 76.4 Å². The molecule has 166 valence electrons. The second kappa shape index (κ2) is 8.45. The molecule has 4 heterocycles. The summed E-state index contributed by atoms with van der Waals surface area (Å²) < 4.78 is 0. The van der Waals surface area contributed by atoms with Gasteiger partial charge in [-0.15, -0.1) is 0 Å². The maximum atomic E-state index is 12.1. The van der Waals surface area contributed by atoms with Gasteiger partial charge in [-0.3, -0.25) is 4.79 Å². The lowest BCUT2D eigenvalue weighted by molar-refractivity contribution is -0.129. The number of rotatable bonds is 2. The van der Waals surface area contributed by atoms with Crippen molar-refractivity contribution in [3.8, 4) is 0 Å². The minimum Gasteiger partial charge on any atom is -0.356 e. The highest BCUT2D eigenvalue weighted by atomic mass is 16.2. The summed E-state index contributed by atoms with van der Waals surface area (Å²) >= 11 is 0. The second-order valence-electron chi connectivity index (χ2n) is 10.7. The van der Waals surface area contributed by atoms with Crippen LogP contribution in [-0.4, -0.2) is 65.4 Å². The number of aromatic nitrogens is 2. The Balaban J connectivity index is 1.65. The van der Waals surface area contributed by atoms with E-state index in [4.69, 9.17) is 9.97 Å². The summed E-state index contributed by atoms with van der Waals surface area (Å²) in [4.78, 5) is 29.2. The minimum absolute atomic E-state index is 0.149. The van der Waals surface area contributed by atoms with Crippen LogP contribution in [0.15, 0.2) is 0 Å². The Morgan fingerprint density at radius 1 is 1.03 bits per heavy atom. The number of hydrogen-bond acceptors (Lipinski definition) is 5. The van der Waals surface area contributed by atoms with Crippen molar-refractivity contribution in [3.63, 3.8) is 0 Å². The zero-order valence-electron chi connectivity index (χ0n) is 19.6. The minimum atomic E-state index is 0.149. The number of anilines is 1. The van der Waals surface area contributed by atoms with E-state index in [0.717, 1.165) is 50.2 Å². The van der Waals surface area contributed by atoms with Crippen molar-refractivity contribution >= 4 is 11.7 Å². The van der Waals surface area contributed by atoms with Crippen molar-refractivity contribution in [3.05, 3.63) is 17.1 Å². The number of hydrogen-bond donors (Lipinski definition) is 0. The van der Waals surface area contributed by atoms with Crippen LogP contribution < -0.4 is 4.90 Å². The number of nitrogens with zero attached hydrogens (tertiary/aromatic N) is 5. The first-order valence-corrected chi connectivity index (χ1v) is 11.8. The topological polar surface area (TPSA) is 52.6 Å². The van der Waals surface area contributed by atoms with Crippen molar-refractivity contribution in [2.75, 3.05) is 44.7 Å². The molecule has 1 amide bonds. The van der Waals surface area contributed by atoms with Crippen LogP contribution in [0.5, 0.6) is 0 Å². The largest absolute Gasteiger partial charge is 0.356 e. The average Bonchev–Trinajstić information content (AvgIpc) is 2.72. The molecule has 6 nitrogen and oxygen atoms in total. The average molecular weight is 414 g/mol. The zero-order valence-corrected chi connectivity index (χ0v) is 19.6. The summed E-state index contributed by atoms with van der Waals surface area (Å²) in [7, 11) is 2.20. The van der Waals surface area contributed by atoms with Crippen molar-refractivity contribution < 1.29 is 4.79 Å². The van der Waals surface area contributed by atoms with Crippen LogP contribution in [0, 0.1) is 11.3 Å². The van der Waals surface area contributed by atoms with Crippen LogP contribution in [-0.2, 0) is 17.8 Å². The van der Waals surface area contributed by atoms with Gasteiger partial charge in [0.25, 0.3) is 0 Å². The van der Waals surface area contributed by atoms with Crippen molar-refractivity contribution in [1.82, 2.24) is 19.8 Å². The number of piperidine rings is 2. The fraction of sp³-hybridized carbons (Fsp3) is 0.792. The van der Waals surface area contributed by atoms with Gasteiger partial charge in [0.2, 0.25) is 5.91 Å². The number of amides is 1. The smallest absolute Gasteiger partial charge is 0.219 e. The van der Waals surface area contributed by atoms with Crippen LogP contribution in [0.4, 0.5) is 5.82 Å². The molecule has 2 fully saturated rings. The lowest BCUT2D eigenvalue weighted by atomic mass is 9.75. The van der Waals surface area contributed by atoms with Gasteiger partial charge in [0.1, 0.15) is 11.6 Å². The lowest BCUT2D eigenvalue weighted by Gasteiger charge is -2.41. The van der Waals surface area contributed by atoms with Gasteiger partial charge in [0.15, 0.2) is 0 Å². The molecule has 3 aliphatic heterocycles. The molecule has 4 rings (SSSR count). The van der Waals surface area contributed by atoms with E-state index in [1.807, 2.05) is 4.90 Å². The maximum absolute atomic E-state index is 12.1. The van der Waals surface area contributed by atoms with Gasteiger partial charge in [0, 0.05) is 51.0 Å². The highest BCUT2D eigenvalue weighted by Crippen LogP contribution is 2.37. The summed E-state index contributed by atoms with van der Waals surface area (Å²) in [5.74, 6) is 3.47. The van der Waals surface area contributed by atoms with E-state index in [1.165, 1.54) is 43.5 Å². The molecule has 0 bridgehead atoms. The Morgan fingerprint density at radius 3 is 2.40 bits per heavy atom. The number of fused-ring (bicyclic) bond motifs is 1. The lowest BCUT2D eigenvalue weighted by Crippen LogP contribution is -2.41. The molecule has 3 aliphatic rings. The normalized spacial score (nSPS) is 24.1. The molecule has 1 atom stereocenters. The Morgan fingerprint density at radius 2 is 1.77 bits per heavy atom. The second-order valence-corrected chi connectivity index (χ2v) is 10.7. The number of likely N-dealkylation sites (N-methyl/N-ethyl adjacent to an activating group) is 1. The summed E-state index contributed by atoms with van der Waals surface area (Å²) in [6.45, 7) is 14.5. The first-order chi connectivity index (χ1) is 14.2. The van der Waals surface area contributed by atoms with Gasteiger partial charge < -0.3 is 14.7 Å². The third-order valence-corrected chi connectivity index (χ3v) is 7.51. The van der Waals surface area contributed by atoms with Gasteiger partial charge in [0.05, 0.1) is 12.2 Å². The Kier molecular flexibility index (Phi) is 6.06. The van der Waals surface area contributed by atoms with Gasteiger partial charge in [-0.1, -0.05) is 20.8 Å². The van der Waals surface area contributed by atoms with Crippen LogP contribution in [0.3, 0.4) is 0 Å². The third-order valence-electron chi connectivity index (χ3n) is 7.51. The Bertz CT molecular complexity index is 779. The molecule has 1 aromatic rings. The molecule has 0 spiro atoms. The molecule has 6 heteroatoms. The predicted octanol–water partition coefficient (Wildman–Crippen LogP) is 3.45. The zero-order chi connectivity index (χ0) is 21.5. The van der Waals surface area contributed by atoms with E-state index in [1.54, 1.807) is 6.92 Å². The maximum Gasteiger partial charge on any atom is 0.219 e. The third kappa shape index (κ3) is 4.48. The molecular weight excluding hydrogens is 374 g/mol. The summed E-state index contributed by atoms with van der Waals surface area (Å²) in [5.41, 5.74) is 2.73. The van der Waals surface area contributed by atoms with Gasteiger partial charge >= 0.3 is 0 Å². The standard InChI is InChI=1S/C24H39N5O/c1-17(30)29-14-10-21-20(16-29)23(28-12-8-19(9-13-28)24(2,3)4)26-22(25-21)18-7-6-11-27(5)15-18/h18-19H,6-16H2,1-5H3/t18-/m1/s1. The molecular formula is C24H39N5O. The van der Waals surface area contributed by atoms with E-state index in [9.17, 15) is 4.79 Å². The molecule has 30 heavy (non-hydrogen) atoms.